The van der Waals surface area contributed by atoms with Crippen LogP contribution in [0.5, 0.6) is 11.5 Å². The highest BCUT2D eigenvalue weighted by atomic mass is 19.4. The fourth-order valence-electron chi connectivity index (χ4n) is 2.31. The number of hydrogen-bond acceptors (Lipinski definition) is 4. The van der Waals surface area contributed by atoms with Crippen LogP contribution in [0.3, 0.4) is 0 Å². The van der Waals surface area contributed by atoms with Crippen LogP contribution in [0.1, 0.15) is 29.9 Å². The zero-order valence-corrected chi connectivity index (χ0v) is 12.8. The molecule has 0 bridgehead atoms. The molecule has 1 amide bonds. The minimum atomic E-state index is -4.67. The number of ether oxygens (including phenoxy) is 2. The quantitative estimate of drug-likeness (QED) is 0.903. The SMILES string of the molecule is CC1(C)Oc2ccc(NC(=O)c3ncccc3C(F)(F)F)cc2O1. The van der Waals surface area contributed by atoms with Gasteiger partial charge in [-0.25, -0.2) is 0 Å². The van der Waals surface area contributed by atoms with Crippen LogP contribution in [0.4, 0.5) is 18.9 Å². The molecule has 0 spiro atoms. The predicted molar refractivity (Wildman–Crippen MR) is 79.0 cm³/mol. The first-order valence-corrected chi connectivity index (χ1v) is 7.01. The molecular weight excluding hydrogens is 325 g/mol. The minimum absolute atomic E-state index is 0.277. The Kier molecular flexibility index (Phi) is 3.62. The molecule has 126 valence electrons. The van der Waals surface area contributed by atoms with E-state index in [0.29, 0.717) is 11.5 Å². The average Bonchev–Trinajstić information content (AvgIpc) is 2.79. The van der Waals surface area contributed by atoms with Crippen molar-refractivity contribution in [3.05, 3.63) is 47.8 Å². The van der Waals surface area contributed by atoms with Gasteiger partial charge in [0, 0.05) is 31.8 Å². The predicted octanol–water partition coefficient (Wildman–Crippen LogP) is 3.86. The third kappa shape index (κ3) is 3.12. The fraction of sp³-hybridized carbons (Fsp3) is 0.250. The van der Waals surface area contributed by atoms with Crippen LogP contribution in [-0.2, 0) is 6.18 Å². The van der Waals surface area contributed by atoms with Gasteiger partial charge in [0.15, 0.2) is 11.5 Å². The van der Waals surface area contributed by atoms with Crippen molar-refractivity contribution in [1.82, 2.24) is 4.98 Å². The second-order valence-electron chi connectivity index (χ2n) is 5.62. The van der Waals surface area contributed by atoms with Crippen LogP contribution in [0, 0.1) is 0 Å². The molecule has 3 rings (SSSR count). The number of halogens is 3. The summed E-state index contributed by atoms with van der Waals surface area (Å²) < 4.78 is 49.9. The molecule has 0 unspecified atom stereocenters. The van der Waals surface area contributed by atoms with Crippen LogP contribution in [-0.4, -0.2) is 16.7 Å². The molecule has 0 fully saturated rings. The van der Waals surface area contributed by atoms with Gasteiger partial charge in [-0.05, 0) is 24.3 Å². The van der Waals surface area contributed by atoms with Gasteiger partial charge in [0.2, 0.25) is 5.79 Å². The van der Waals surface area contributed by atoms with Crippen molar-refractivity contribution in [2.24, 2.45) is 0 Å². The van der Waals surface area contributed by atoms with Gasteiger partial charge in [0.05, 0.1) is 5.56 Å². The zero-order valence-electron chi connectivity index (χ0n) is 12.8. The standard InChI is InChI=1S/C16H13F3N2O3/c1-15(2)23-11-6-5-9(8-12(11)24-15)21-14(22)13-10(16(17,18)19)4-3-7-20-13/h3-8H,1-2H3,(H,21,22). The van der Waals surface area contributed by atoms with Crippen molar-refractivity contribution >= 4 is 11.6 Å². The molecule has 1 aliphatic rings. The Balaban J connectivity index is 1.85. The minimum Gasteiger partial charge on any atom is -0.449 e. The van der Waals surface area contributed by atoms with Gasteiger partial charge in [-0.15, -0.1) is 0 Å². The molecule has 2 heterocycles. The summed E-state index contributed by atoms with van der Waals surface area (Å²) in [6.45, 7) is 3.43. The first kappa shape index (κ1) is 16.1. The van der Waals surface area contributed by atoms with Crippen molar-refractivity contribution in [2.45, 2.75) is 25.8 Å². The van der Waals surface area contributed by atoms with Crippen LogP contribution in [0.2, 0.25) is 0 Å². The summed E-state index contributed by atoms with van der Waals surface area (Å²) in [5.41, 5.74) is -1.51. The van der Waals surface area contributed by atoms with Gasteiger partial charge in [-0.2, -0.15) is 13.2 Å². The van der Waals surface area contributed by atoms with Gasteiger partial charge < -0.3 is 14.8 Å². The second kappa shape index (κ2) is 5.40. The number of alkyl halides is 3. The smallest absolute Gasteiger partial charge is 0.418 e. The van der Waals surface area contributed by atoms with Gasteiger partial charge >= 0.3 is 6.18 Å². The highest BCUT2D eigenvalue weighted by Gasteiger charge is 2.36. The number of pyridine rings is 1. The summed E-state index contributed by atoms with van der Waals surface area (Å²) in [5, 5.41) is 2.39. The Morgan fingerprint density at radius 1 is 1.17 bits per heavy atom. The maximum Gasteiger partial charge on any atom is 0.418 e. The van der Waals surface area contributed by atoms with E-state index < -0.39 is 29.1 Å². The number of aromatic nitrogens is 1. The molecule has 8 heteroatoms. The number of rotatable bonds is 2. The van der Waals surface area contributed by atoms with Crippen molar-refractivity contribution in [2.75, 3.05) is 5.32 Å². The molecule has 0 aliphatic carbocycles. The van der Waals surface area contributed by atoms with E-state index in [9.17, 15) is 18.0 Å². The first-order valence-electron chi connectivity index (χ1n) is 7.01. The van der Waals surface area contributed by atoms with E-state index in [1.54, 1.807) is 19.9 Å². The number of hydrogen-bond donors (Lipinski definition) is 1. The Morgan fingerprint density at radius 3 is 2.58 bits per heavy atom. The summed E-state index contributed by atoms with van der Waals surface area (Å²) in [4.78, 5) is 15.7. The number of fused-ring (bicyclic) bond motifs is 1. The summed E-state index contributed by atoms with van der Waals surface area (Å²) in [6, 6.07) is 6.50. The second-order valence-corrected chi connectivity index (χ2v) is 5.62. The molecule has 1 aliphatic heterocycles. The Morgan fingerprint density at radius 2 is 1.88 bits per heavy atom. The Hall–Kier alpha value is -2.77. The number of amides is 1. The summed E-state index contributed by atoms with van der Waals surface area (Å²) >= 11 is 0. The van der Waals surface area contributed by atoms with Crippen molar-refractivity contribution in [3.8, 4) is 11.5 Å². The van der Waals surface area contributed by atoms with Crippen molar-refractivity contribution in [3.63, 3.8) is 0 Å². The molecule has 5 nitrogen and oxygen atoms in total. The number of nitrogens with one attached hydrogen (secondary N) is 1. The maximum atomic E-state index is 13.0. The average molecular weight is 338 g/mol. The lowest BCUT2D eigenvalue weighted by atomic mass is 10.1. The van der Waals surface area contributed by atoms with E-state index in [1.165, 1.54) is 12.1 Å². The lowest BCUT2D eigenvalue weighted by molar-refractivity contribution is -0.138. The van der Waals surface area contributed by atoms with Crippen molar-refractivity contribution in [1.29, 1.82) is 0 Å². The van der Waals surface area contributed by atoms with Gasteiger partial charge in [0.25, 0.3) is 5.91 Å². The van der Waals surface area contributed by atoms with Crippen LogP contribution < -0.4 is 14.8 Å². The van der Waals surface area contributed by atoms with Crippen molar-refractivity contribution < 1.29 is 27.4 Å². The Bertz CT molecular complexity index is 803. The summed E-state index contributed by atoms with van der Waals surface area (Å²) in [6.07, 6.45) is -3.54. The normalized spacial score (nSPS) is 15.2. The molecule has 24 heavy (non-hydrogen) atoms. The number of carbonyl (C=O) groups is 1. The lowest BCUT2D eigenvalue weighted by Gasteiger charge is -2.16. The van der Waals surface area contributed by atoms with E-state index in [4.69, 9.17) is 9.47 Å². The van der Waals surface area contributed by atoms with E-state index in [-0.39, 0.29) is 5.69 Å². The molecule has 1 N–H and O–H groups in total. The van der Waals surface area contributed by atoms with Gasteiger partial charge in [0.1, 0.15) is 5.69 Å². The summed E-state index contributed by atoms with van der Waals surface area (Å²) in [5.74, 6) is -0.905. The third-order valence-corrected chi connectivity index (χ3v) is 3.24. The zero-order chi connectivity index (χ0) is 17.5. The van der Waals surface area contributed by atoms with E-state index in [0.717, 1.165) is 18.3 Å². The van der Waals surface area contributed by atoms with E-state index in [1.807, 2.05) is 0 Å². The lowest BCUT2D eigenvalue weighted by Crippen LogP contribution is -2.29. The molecule has 0 saturated heterocycles. The summed E-state index contributed by atoms with van der Waals surface area (Å²) in [7, 11) is 0. The molecule has 0 saturated carbocycles. The molecule has 2 aromatic rings. The number of anilines is 1. The van der Waals surface area contributed by atoms with Gasteiger partial charge in [-0.1, -0.05) is 0 Å². The monoisotopic (exact) mass is 338 g/mol. The fourth-order valence-corrected chi connectivity index (χ4v) is 2.31. The number of nitrogens with zero attached hydrogens (tertiary/aromatic N) is 1. The Labute approximate surface area is 135 Å². The van der Waals surface area contributed by atoms with E-state index in [2.05, 4.69) is 10.3 Å². The van der Waals surface area contributed by atoms with E-state index >= 15 is 0 Å². The van der Waals surface area contributed by atoms with Crippen LogP contribution in [0.15, 0.2) is 36.5 Å². The topological polar surface area (TPSA) is 60.5 Å². The molecule has 0 atom stereocenters. The molecule has 0 radical (unpaired) electrons. The van der Waals surface area contributed by atoms with Gasteiger partial charge in [-0.3, -0.25) is 9.78 Å². The molecular formula is C16H13F3N2O3. The number of benzene rings is 1. The number of carbonyl (C=O) groups excluding carboxylic acids is 1. The largest absolute Gasteiger partial charge is 0.449 e. The highest BCUT2D eigenvalue weighted by Crippen LogP contribution is 2.40. The molecule has 1 aromatic carbocycles. The maximum absolute atomic E-state index is 13.0. The first-order chi connectivity index (χ1) is 11.2. The van der Waals surface area contributed by atoms with Crippen LogP contribution in [0.25, 0.3) is 0 Å². The highest BCUT2D eigenvalue weighted by molar-refractivity contribution is 6.04. The molecule has 1 aromatic heterocycles. The third-order valence-electron chi connectivity index (χ3n) is 3.24. The van der Waals surface area contributed by atoms with Crippen LogP contribution >= 0.6 is 0 Å².